The van der Waals surface area contributed by atoms with E-state index in [9.17, 15) is 0 Å². The number of nitrogens with zero attached hydrogens (tertiary/aromatic N) is 1. The summed E-state index contributed by atoms with van der Waals surface area (Å²) in [6.45, 7) is 0. The van der Waals surface area contributed by atoms with Gasteiger partial charge in [-0.2, -0.15) is 0 Å². The molecule has 3 aromatic carbocycles. The second-order valence-corrected chi connectivity index (χ2v) is 6.19. The van der Waals surface area contributed by atoms with Crippen molar-refractivity contribution in [3.05, 3.63) is 132 Å². The highest BCUT2D eigenvalue weighted by Gasteiger charge is 2.37. The first-order valence-electron chi connectivity index (χ1n) is 8.75. The Kier molecular flexibility index (Phi) is 4.48. The van der Waals surface area contributed by atoms with Crippen molar-refractivity contribution in [1.82, 2.24) is 4.98 Å². The number of rotatable bonds is 5. The minimum absolute atomic E-state index is 0.578. The van der Waals surface area contributed by atoms with Gasteiger partial charge in [0.2, 0.25) is 0 Å². The van der Waals surface area contributed by atoms with Crippen LogP contribution in [0.4, 0.5) is 5.69 Å². The maximum Gasteiger partial charge on any atom is 0.131 e. The van der Waals surface area contributed by atoms with Crippen LogP contribution in [0.25, 0.3) is 0 Å². The van der Waals surface area contributed by atoms with Gasteiger partial charge >= 0.3 is 0 Å². The second-order valence-electron chi connectivity index (χ2n) is 6.19. The Labute approximate surface area is 154 Å². The number of anilines is 1. The van der Waals surface area contributed by atoms with Gasteiger partial charge in [-0.15, -0.1) is 0 Å². The van der Waals surface area contributed by atoms with Gasteiger partial charge in [-0.25, -0.2) is 0 Å². The minimum atomic E-state index is -0.578. The zero-order valence-corrected chi connectivity index (χ0v) is 14.4. The largest absolute Gasteiger partial charge is 0.367 e. The van der Waals surface area contributed by atoms with Gasteiger partial charge in [0.05, 0.1) is 5.69 Å². The molecule has 0 spiro atoms. The van der Waals surface area contributed by atoms with Gasteiger partial charge in [0.15, 0.2) is 0 Å². The van der Waals surface area contributed by atoms with Crippen molar-refractivity contribution in [2.24, 2.45) is 0 Å². The Hall–Kier alpha value is -3.39. The van der Waals surface area contributed by atoms with Gasteiger partial charge in [-0.3, -0.25) is 4.98 Å². The summed E-state index contributed by atoms with van der Waals surface area (Å²) in [4.78, 5) is 4.74. The van der Waals surface area contributed by atoms with Crippen LogP contribution in [0.1, 0.15) is 16.8 Å². The van der Waals surface area contributed by atoms with Crippen molar-refractivity contribution >= 4 is 5.69 Å². The number of para-hydroxylation sites is 1. The lowest BCUT2D eigenvalue weighted by Crippen LogP contribution is -2.38. The minimum Gasteiger partial charge on any atom is -0.367 e. The number of nitrogens with one attached hydrogen (secondary N) is 1. The van der Waals surface area contributed by atoms with Crippen LogP contribution in [0, 0.1) is 0 Å². The molecule has 4 rings (SSSR count). The number of benzene rings is 3. The molecule has 0 aliphatic heterocycles. The summed E-state index contributed by atoms with van der Waals surface area (Å²) in [5.41, 5.74) is 3.72. The Morgan fingerprint density at radius 3 is 1.54 bits per heavy atom. The third kappa shape index (κ3) is 2.98. The highest BCUT2D eigenvalue weighted by molar-refractivity contribution is 5.58. The van der Waals surface area contributed by atoms with Crippen molar-refractivity contribution in [2.45, 2.75) is 5.54 Å². The maximum absolute atomic E-state index is 4.74. The lowest BCUT2D eigenvalue weighted by Gasteiger charge is -2.36. The van der Waals surface area contributed by atoms with E-state index >= 15 is 0 Å². The number of pyridine rings is 1. The standard InChI is InChI=1S/C24H20N2/c1-4-12-20(13-5-1)24(21-14-6-2-7-15-21,23-18-10-11-19-25-23)26-22-16-8-3-9-17-22/h1-19,26H. The predicted octanol–water partition coefficient (Wildman–Crippen LogP) is 5.49. The highest BCUT2D eigenvalue weighted by Crippen LogP contribution is 2.38. The third-order valence-electron chi connectivity index (χ3n) is 4.57. The van der Waals surface area contributed by atoms with Crippen LogP contribution in [0.15, 0.2) is 115 Å². The summed E-state index contributed by atoms with van der Waals surface area (Å²) in [6.07, 6.45) is 1.85. The van der Waals surface area contributed by atoms with E-state index < -0.39 is 5.54 Å². The van der Waals surface area contributed by atoms with E-state index in [1.807, 2.05) is 48.7 Å². The quantitative estimate of drug-likeness (QED) is 0.521. The average molecular weight is 336 g/mol. The summed E-state index contributed by atoms with van der Waals surface area (Å²) in [6, 6.07) is 37.3. The smallest absolute Gasteiger partial charge is 0.131 e. The van der Waals surface area contributed by atoms with E-state index in [1.165, 1.54) is 0 Å². The molecule has 0 saturated carbocycles. The Morgan fingerprint density at radius 2 is 1.04 bits per heavy atom. The Bertz CT molecular complexity index is 840. The molecule has 26 heavy (non-hydrogen) atoms. The molecule has 1 N–H and O–H groups in total. The summed E-state index contributed by atoms with van der Waals surface area (Å²) in [7, 11) is 0. The first kappa shape index (κ1) is 16.1. The number of aromatic nitrogens is 1. The summed E-state index contributed by atoms with van der Waals surface area (Å²) in [5.74, 6) is 0. The number of hydrogen-bond donors (Lipinski definition) is 1. The molecule has 0 bridgehead atoms. The fraction of sp³-hybridized carbons (Fsp3) is 0.0417. The van der Waals surface area contributed by atoms with Crippen LogP contribution < -0.4 is 5.32 Å². The fourth-order valence-electron chi connectivity index (χ4n) is 3.37. The fourth-order valence-corrected chi connectivity index (χ4v) is 3.37. The molecule has 126 valence electrons. The van der Waals surface area contributed by atoms with E-state index in [1.54, 1.807) is 0 Å². The molecule has 0 unspecified atom stereocenters. The van der Waals surface area contributed by atoms with Crippen molar-refractivity contribution in [3.8, 4) is 0 Å². The van der Waals surface area contributed by atoms with Crippen LogP contribution in [-0.2, 0) is 5.54 Å². The van der Waals surface area contributed by atoms with Crippen LogP contribution in [-0.4, -0.2) is 4.98 Å². The topological polar surface area (TPSA) is 24.9 Å². The Morgan fingerprint density at radius 1 is 0.538 bits per heavy atom. The van der Waals surface area contributed by atoms with Gasteiger partial charge in [0, 0.05) is 11.9 Å². The molecule has 0 aliphatic carbocycles. The Balaban J connectivity index is 2.00. The summed E-state index contributed by atoms with van der Waals surface area (Å²) >= 11 is 0. The normalized spacial score (nSPS) is 11.1. The molecule has 4 aromatic rings. The predicted molar refractivity (Wildman–Crippen MR) is 107 cm³/mol. The molecule has 1 aromatic heterocycles. The van der Waals surface area contributed by atoms with Crippen molar-refractivity contribution in [3.63, 3.8) is 0 Å². The monoisotopic (exact) mass is 336 g/mol. The van der Waals surface area contributed by atoms with Crippen LogP contribution in [0.2, 0.25) is 0 Å². The first-order chi connectivity index (χ1) is 12.9. The van der Waals surface area contributed by atoms with E-state index in [0.717, 1.165) is 22.5 Å². The number of hydrogen-bond acceptors (Lipinski definition) is 2. The SMILES string of the molecule is c1ccc(NC(c2ccccc2)(c2ccccc2)c2ccccn2)cc1. The van der Waals surface area contributed by atoms with E-state index in [2.05, 4.69) is 72.0 Å². The second kappa shape index (κ2) is 7.24. The van der Waals surface area contributed by atoms with Crippen molar-refractivity contribution in [1.29, 1.82) is 0 Å². The summed E-state index contributed by atoms with van der Waals surface area (Å²) in [5, 5.41) is 3.78. The first-order valence-corrected chi connectivity index (χ1v) is 8.75. The molecule has 0 aliphatic rings. The van der Waals surface area contributed by atoms with Crippen LogP contribution in [0.3, 0.4) is 0 Å². The van der Waals surface area contributed by atoms with Gasteiger partial charge in [-0.1, -0.05) is 84.9 Å². The molecule has 0 radical (unpaired) electrons. The van der Waals surface area contributed by atoms with E-state index in [-0.39, 0.29) is 0 Å². The van der Waals surface area contributed by atoms with Gasteiger partial charge in [0.1, 0.15) is 5.54 Å². The molecule has 0 amide bonds. The van der Waals surface area contributed by atoms with Crippen LogP contribution in [0.5, 0.6) is 0 Å². The molecular formula is C24H20N2. The molecule has 0 atom stereocenters. The molecular weight excluding hydrogens is 316 g/mol. The summed E-state index contributed by atoms with van der Waals surface area (Å²) < 4.78 is 0. The van der Waals surface area contributed by atoms with E-state index in [4.69, 9.17) is 4.98 Å². The van der Waals surface area contributed by atoms with E-state index in [0.29, 0.717) is 0 Å². The van der Waals surface area contributed by atoms with Crippen molar-refractivity contribution < 1.29 is 0 Å². The van der Waals surface area contributed by atoms with Gasteiger partial charge in [0.25, 0.3) is 0 Å². The lowest BCUT2D eigenvalue weighted by molar-refractivity contribution is 0.683. The zero-order chi connectivity index (χ0) is 17.7. The molecule has 1 heterocycles. The molecule has 0 saturated heterocycles. The molecule has 2 nitrogen and oxygen atoms in total. The maximum atomic E-state index is 4.74. The average Bonchev–Trinajstić information content (AvgIpc) is 2.75. The molecule has 2 heteroatoms. The third-order valence-corrected chi connectivity index (χ3v) is 4.57. The van der Waals surface area contributed by atoms with Gasteiger partial charge < -0.3 is 5.32 Å². The molecule has 0 fully saturated rings. The van der Waals surface area contributed by atoms with Crippen LogP contribution >= 0.6 is 0 Å². The highest BCUT2D eigenvalue weighted by atomic mass is 15.0. The lowest BCUT2D eigenvalue weighted by atomic mass is 9.79. The van der Waals surface area contributed by atoms with Gasteiger partial charge in [-0.05, 0) is 35.4 Å². The zero-order valence-electron chi connectivity index (χ0n) is 14.4. The van der Waals surface area contributed by atoms with Crippen molar-refractivity contribution in [2.75, 3.05) is 5.32 Å².